The molecular weight excluding hydrogens is 512 g/mol. The number of rotatable bonds is 5. The van der Waals surface area contributed by atoms with Crippen LogP contribution in [0.2, 0.25) is 0 Å². The van der Waals surface area contributed by atoms with E-state index in [2.05, 4.69) is 34.6 Å². The molecular formula is C21H35BIN3O5. The van der Waals surface area contributed by atoms with Gasteiger partial charge in [-0.1, -0.05) is 0 Å². The van der Waals surface area contributed by atoms with Crippen LogP contribution < -0.4 is 0 Å². The fourth-order valence-electron chi connectivity index (χ4n) is 3.90. The lowest BCUT2D eigenvalue weighted by Crippen LogP contribution is -2.51. The molecule has 31 heavy (non-hydrogen) atoms. The van der Waals surface area contributed by atoms with Gasteiger partial charge in [0, 0.05) is 6.10 Å². The number of aromatic nitrogens is 2. The molecule has 0 saturated carbocycles. The molecule has 0 bridgehead atoms. The van der Waals surface area contributed by atoms with E-state index in [0.29, 0.717) is 19.5 Å². The molecule has 2 aliphatic heterocycles. The largest absolute Gasteiger partial charge is 0.640 e. The van der Waals surface area contributed by atoms with Crippen LogP contribution in [-0.2, 0) is 31.8 Å². The maximum Gasteiger partial charge on any atom is 0.640 e. The van der Waals surface area contributed by atoms with Gasteiger partial charge in [0.25, 0.3) is 0 Å². The average Bonchev–Trinajstić information content (AvgIpc) is 3.06. The molecule has 0 N–H and O–H groups in total. The van der Waals surface area contributed by atoms with E-state index in [4.69, 9.17) is 18.7 Å². The summed E-state index contributed by atoms with van der Waals surface area (Å²) >= 11 is 2.27. The Morgan fingerprint density at radius 2 is 2.03 bits per heavy atom. The van der Waals surface area contributed by atoms with Crippen molar-refractivity contribution in [2.24, 2.45) is 0 Å². The van der Waals surface area contributed by atoms with Gasteiger partial charge in [0.05, 0.1) is 45.8 Å². The third kappa shape index (κ3) is 5.56. The van der Waals surface area contributed by atoms with Crippen LogP contribution in [0.4, 0.5) is 4.79 Å². The molecule has 3 rings (SSSR count). The smallest absolute Gasteiger partial charge is 0.444 e. The van der Waals surface area contributed by atoms with Gasteiger partial charge in [-0.3, -0.25) is 9.58 Å². The number of halogens is 1. The van der Waals surface area contributed by atoms with Crippen LogP contribution in [0.3, 0.4) is 0 Å². The molecule has 1 fully saturated rings. The van der Waals surface area contributed by atoms with Gasteiger partial charge in [0.2, 0.25) is 0 Å². The number of hydrogen-bond acceptors (Lipinski definition) is 6. The molecule has 3 heterocycles. The fourth-order valence-corrected chi connectivity index (χ4v) is 4.47. The second-order valence-corrected chi connectivity index (χ2v) is 11.5. The van der Waals surface area contributed by atoms with Crippen LogP contribution >= 0.6 is 22.6 Å². The van der Waals surface area contributed by atoms with E-state index < -0.39 is 24.1 Å². The minimum absolute atomic E-state index is 0.00450. The minimum Gasteiger partial charge on any atom is -0.444 e. The molecule has 1 aromatic rings. The molecule has 0 spiro atoms. The predicted molar refractivity (Wildman–Crippen MR) is 126 cm³/mol. The quantitative estimate of drug-likeness (QED) is 0.403. The molecule has 0 aromatic carbocycles. The first-order chi connectivity index (χ1) is 14.2. The lowest BCUT2D eigenvalue weighted by atomic mass is 9.82. The summed E-state index contributed by atoms with van der Waals surface area (Å²) < 4.78 is 26.8. The molecule has 1 aromatic heterocycles. The summed E-state index contributed by atoms with van der Waals surface area (Å²) in [7, 11) is -0.687. The van der Waals surface area contributed by atoms with Crippen molar-refractivity contribution < 1.29 is 23.5 Å². The Balaban J connectivity index is 1.76. The van der Waals surface area contributed by atoms with Crippen LogP contribution in [0.25, 0.3) is 0 Å². The number of amides is 1. The molecule has 2 aliphatic rings. The molecule has 0 aliphatic carbocycles. The van der Waals surface area contributed by atoms with E-state index in [1.54, 1.807) is 0 Å². The Hall–Kier alpha value is -0.845. The fraction of sp³-hybridized carbons (Fsp3) is 0.810. The van der Waals surface area contributed by atoms with Crippen LogP contribution in [0.1, 0.15) is 73.9 Å². The van der Waals surface area contributed by atoms with Crippen molar-refractivity contribution in [3.05, 3.63) is 15.5 Å². The van der Waals surface area contributed by atoms with Gasteiger partial charge in [0.1, 0.15) is 5.60 Å². The van der Waals surface area contributed by atoms with Gasteiger partial charge >= 0.3 is 13.4 Å². The maximum absolute atomic E-state index is 13.0. The Kier molecular flexibility index (Phi) is 7.06. The third-order valence-corrected chi connectivity index (χ3v) is 6.93. The molecule has 2 atom stereocenters. The molecule has 1 saturated heterocycles. The summed E-state index contributed by atoms with van der Waals surface area (Å²) in [6.07, 6.45) is 2.99. The Morgan fingerprint density at radius 1 is 1.35 bits per heavy atom. The van der Waals surface area contributed by atoms with E-state index in [1.807, 2.05) is 64.2 Å². The van der Waals surface area contributed by atoms with Crippen molar-refractivity contribution in [1.29, 1.82) is 0 Å². The second kappa shape index (κ2) is 8.83. The van der Waals surface area contributed by atoms with Crippen molar-refractivity contribution in [2.45, 2.75) is 110 Å². The first-order valence-corrected chi connectivity index (χ1v) is 12.0. The van der Waals surface area contributed by atoms with E-state index in [0.717, 1.165) is 15.7 Å². The molecule has 174 valence electrons. The second-order valence-electron chi connectivity index (χ2n) is 10.4. The van der Waals surface area contributed by atoms with Gasteiger partial charge in [-0.2, -0.15) is 5.10 Å². The number of nitrogens with zero attached hydrogens (tertiary/aromatic N) is 3. The van der Waals surface area contributed by atoms with Gasteiger partial charge < -0.3 is 18.7 Å². The van der Waals surface area contributed by atoms with Crippen molar-refractivity contribution in [3.8, 4) is 0 Å². The lowest BCUT2D eigenvalue weighted by molar-refractivity contribution is -0.0286. The van der Waals surface area contributed by atoms with Crippen LogP contribution in [0, 0.1) is 3.57 Å². The van der Waals surface area contributed by atoms with Crippen LogP contribution in [0.5, 0.6) is 0 Å². The summed E-state index contributed by atoms with van der Waals surface area (Å²) in [4.78, 5) is 14.9. The SMILES string of the molecule is CC(C)OB1OC(C)(C)C(C)(CC[C@H]2Cn3ncc(I)c3CN2C(=O)OC(C)(C)C)O1. The van der Waals surface area contributed by atoms with Crippen molar-refractivity contribution in [3.63, 3.8) is 0 Å². The Labute approximate surface area is 199 Å². The van der Waals surface area contributed by atoms with Crippen molar-refractivity contribution in [1.82, 2.24) is 14.7 Å². The molecule has 10 heteroatoms. The third-order valence-electron chi connectivity index (χ3n) is 6.03. The first-order valence-electron chi connectivity index (χ1n) is 10.9. The van der Waals surface area contributed by atoms with Crippen LogP contribution in [0.15, 0.2) is 6.20 Å². The molecule has 8 nitrogen and oxygen atoms in total. The average molecular weight is 547 g/mol. The molecule has 0 radical (unpaired) electrons. The summed E-state index contributed by atoms with van der Waals surface area (Å²) in [6, 6.07) is -0.0562. The highest BCUT2D eigenvalue weighted by atomic mass is 127. The predicted octanol–water partition coefficient (Wildman–Crippen LogP) is 4.38. The van der Waals surface area contributed by atoms with E-state index in [-0.39, 0.29) is 18.2 Å². The van der Waals surface area contributed by atoms with Gasteiger partial charge in [-0.25, -0.2) is 4.79 Å². The van der Waals surface area contributed by atoms with Crippen LogP contribution in [-0.4, -0.2) is 57.0 Å². The van der Waals surface area contributed by atoms with Gasteiger partial charge in [0.15, 0.2) is 0 Å². The van der Waals surface area contributed by atoms with E-state index >= 15 is 0 Å². The Bertz CT molecular complexity index is 809. The minimum atomic E-state index is -0.687. The normalized spacial score (nSPS) is 25.8. The Morgan fingerprint density at radius 3 is 2.65 bits per heavy atom. The summed E-state index contributed by atoms with van der Waals surface area (Å²) in [5.41, 5.74) is -0.584. The zero-order valence-electron chi connectivity index (χ0n) is 19.9. The zero-order chi connectivity index (χ0) is 23.2. The number of ether oxygens (including phenoxy) is 1. The highest BCUT2D eigenvalue weighted by molar-refractivity contribution is 14.1. The summed E-state index contributed by atoms with van der Waals surface area (Å²) in [6.45, 7) is 16.8. The number of fused-ring (bicyclic) bond motifs is 1. The topological polar surface area (TPSA) is 75.1 Å². The van der Waals surface area contributed by atoms with Crippen molar-refractivity contribution in [2.75, 3.05) is 0 Å². The highest BCUT2D eigenvalue weighted by Gasteiger charge is 2.56. The van der Waals surface area contributed by atoms with E-state index in [1.165, 1.54) is 0 Å². The number of hydrogen-bond donors (Lipinski definition) is 0. The van der Waals surface area contributed by atoms with E-state index in [9.17, 15) is 4.79 Å². The van der Waals surface area contributed by atoms with Gasteiger partial charge in [-0.05, 0) is 90.8 Å². The molecule has 1 amide bonds. The monoisotopic (exact) mass is 547 g/mol. The summed E-state index contributed by atoms with van der Waals surface area (Å²) in [5, 5.41) is 4.50. The maximum atomic E-state index is 13.0. The van der Waals surface area contributed by atoms with Crippen molar-refractivity contribution >= 4 is 36.0 Å². The standard InChI is InChI=1S/C21H35BIN3O5/c1-14(2)29-22-30-20(6,7)21(8,31-22)10-9-15-12-26-17(16(23)11-24-26)13-25(15)18(27)28-19(3,4)5/h11,14-15H,9-10,12-13H2,1-8H3/t15-,21?/m0/s1. The van der Waals surface area contributed by atoms with Gasteiger partial charge in [-0.15, -0.1) is 0 Å². The zero-order valence-corrected chi connectivity index (χ0v) is 22.1. The summed E-state index contributed by atoms with van der Waals surface area (Å²) in [5.74, 6) is 0. The number of carbonyl (C=O) groups is 1. The highest BCUT2D eigenvalue weighted by Crippen LogP contribution is 2.42. The number of carbonyl (C=O) groups excluding carboxylic acids is 1. The molecule has 1 unspecified atom stereocenters. The lowest BCUT2D eigenvalue weighted by Gasteiger charge is -2.41. The first kappa shape index (κ1) is 24.8.